The number of halogens is 2. The van der Waals surface area contributed by atoms with E-state index in [1.165, 1.54) is 0 Å². The molecule has 100 valence electrons. The molecule has 3 atom stereocenters. The summed E-state index contributed by atoms with van der Waals surface area (Å²) in [5, 5.41) is 19.7. The molecular weight excluding hydrogens is 301 g/mol. The van der Waals surface area contributed by atoms with E-state index >= 15 is 0 Å². The zero-order chi connectivity index (χ0) is 13.3. The second-order valence-electron chi connectivity index (χ2n) is 4.81. The van der Waals surface area contributed by atoms with Crippen molar-refractivity contribution in [2.45, 2.75) is 31.1 Å². The van der Waals surface area contributed by atoms with Gasteiger partial charge in [0.15, 0.2) is 0 Å². The van der Waals surface area contributed by atoms with Crippen LogP contribution >= 0.6 is 15.9 Å². The number of likely N-dealkylation sites (tertiary alicyclic amines) is 1. The Bertz CT molecular complexity index is 429. The molecule has 1 aromatic carbocycles. The fraction of sp³-hybridized carbons (Fsp3) is 0.538. The lowest BCUT2D eigenvalue weighted by atomic mass is 9.91. The average molecular weight is 318 g/mol. The van der Waals surface area contributed by atoms with E-state index in [9.17, 15) is 14.6 Å². The predicted molar refractivity (Wildman–Crippen MR) is 70.9 cm³/mol. The highest BCUT2D eigenvalue weighted by Gasteiger charge is 2.34. The third-order valence-corrected chi connectivity index (χ3v) is 4.21. The van der Waals surface area contributed by atoms with Gasteiger partial charge < -0.3 is 15.1 Å². The van der Waals surface area contributed by atoms with Gasteiger partial charge in [0, 0.05) is 12.6 Å². The van der Waals surface area contributed by atoms with Gasteiger partial charge in [-0.05, 0) is 47.4 Å². The summed E-state index contributed by atoms with van der Waals surface area (Å²) < 4.78 is 14.3. The largest absolute Gasteiger partial charge is 0.390 e. The number of benzene rings is 1. The van der Waals surface area contributed by atoms with Gasteiger partial charge in [0.05, 0.1) is 16.7 Å². The van der Waals surface area contributed by atoms with Gasteiger partial charge in [-0.15, -0.1) is 0 Å². The lowest BCUT2D eigenvalue weighted by molar-refractivity contribution is -0.0683. The number of piperidine rings is 1. The van der Waals surface area contributed by atoms with Gasteiger partial charge in [0.1, 0.15) is 5.82 Å². The second kappa shape index (κ2) is 5.65. The molecule has 1 saturated heterocycles. The van der Waals surface area contributed by atoms with Crippen LogP contribution in [0.25, 0.3) is 0 Å². The van der Waals surface area contributed by atoms with Crippen molar-refractivity contribution in [1.82, 2.24) is 4.90 Å². The van der Waals surface area contributed by atoms with Crippen molar-refractivity contribution in [2.75, 3.05) is 13.6 Å². The predicted octanol–water partition coefficient (Wildman–Crippen LogP) is 1.56. The summed E-state index contributed by atoms with van der Waals surface area (Å²) >= 11 is 3.15. The topological polar surface area (TPSA) is 43.7 Å². The summed E-state index contributed by atoms with van der Waals surface area (Å²) in [6.45, 7) is 0.707. The van der Waals surface area contributed by atoms with Gasteiger partial charge >= 0.3 is 0 Å². The first-order chi connectivity index (χ1) is 8.50. The van der Waals surface area contributed by atoms with Crippen LogP contribution in [0.15, 0.2) is 22.7 Å². The van der Waals surface area contributed by atoms with Crippen molar-refractivity contribution < 1.29 is 14.6 Å². The maximum atomic E-state index is 13.9. The highest BCUT2D eigenvalue weighted by atomic mass is 79.9. The first kappa shape index (κ1) is 13.9. The molecule has 2 rings (SSSR count). The van der Waals surface area contributed by atoms with Crippen molar-refractivity contribution >= 4 is 15.9 Å². The SMILES string of the molecule is CN1CC[C@@H](O)[C@@H](O)C1Cc1cccc(Br)c1F. The molecule has 0 spiro atoms. The summed E-state index contributed by atoms with van der Waals surface area (Å²) in [6.07, 6.45) is -0.613. The number of rotatable bonds is 2. The molecule has 3 nitrogen and oxygen atoms in total. The van der Waals surface area contributed by atoms with E-state index in [0.717, 1.165) is 0 Å². The van der Waals surface area contributed by atoms with Gasteiger partial charge in [-0.1, -0.05) is 12.1 Å². The van der Waals surface area contributed by atoms with Crippen molar-refractivity contribution in [3.63, 3.8) is 0 Å². The Balaban J connectivity index is 2.19. The summed E-state index contributed by atoms with van der Waals surface area (Å²) in [5.41, 5.74) is 0.550. The molecule has 18 heavy (non-hydrogen) atoms. The van der Waals surface area contributed by atoms with Gasteiger partial charge in [0.2, 0.25) is 0 Å². The minimum atomic E-state index is -0.831. The van der Waals surface area contributed by atoms with E-state index in [-0.39, 0.29) is 11.9 Å². The summed E-state index contributed by atoms with van der Waals surface area (Å²) in [4.78, 5) is 1.97. The van der Waals surface area contributed by atoms with Gasteiger partial charge in [0.25, 0.3) is 0 Å². The molecule has 0 bridgehead atoms. The summed E-state index contributed by atoms with van der Waals surface area (Å²) in [7, 11) is 1.88. The third kappa shape index (κ3) is 2.74. The molecule has 0 radical (unpaired) electrons. The molecule has 0 aromatic heterocycles. The maximum absolute atomic E-state index is 13.9. The van der Waals surface area contributed by atoms with Crippen LogP contribution in [0.3, 0.4) is 0 Å². The van der Waals surface area contributed by atoms with Crippen LogP contribution in [0, 0.1) is 5.82 Å². The number of likely N-dealkylation sites (N-methyl/N-ethyl adjacent to an activating group) is 1. The summed E-state index contributed by atoms with van der Waals surface area (Å²) in [6, 6.07) is 4.88. The van der Waals surface area contributed by atoms with Crippen LogP contribution < -0.4 is 0 Å². The summed E-state index contributed by atoms with van der Waals surface area (Å²) in [5.74, 6) is -0.293. The lowest BCUT2D eigenvalue weighted by Crippen LogP contribution is -2.54. The van der Waals surface area contributed by atoms with E-state index in [2.05, 4.69) is 15.9 Å². The zero-order valence-corrected chi connectivity index (χ0v) is 11.8. The van der Waals surface area contributed by atoms with Crippen LogP contribution in [-0.4, -0.2) is 47.0 Å². The first-order valence-electron chi connectivity index (χ1n) is 6.00. The van der Waals surface area contributed by atoms with Crippen molar-refractivity contribution in [2.24, 2.45) is 0 Å². The minimum absolute atomic E-state index is 0.252. The normalized spacial score (nSPS) is 29.5. The minimum Gasteiger partial charge on any atom is -0.390 e. The Kier molecular flexibility index (Phi) is 4.37. The van der Waals surface area contributed by atoms with E-state index in [1.807, 2.05) is 11.9 Å². The van der Waals surface area contributed by atoms with Crippen molar-refractivity contribution in [3.8, 4) is 0 Å². The van der Waals surface area contributed by atoms with Gasteiger partial charge in [-0.3, -0.25) is 0 Å². The van der Waals surface area contributed by atoms with Crippen LogP contribution in [0.5, 0.6) is 0 Å². The van der Waals surface area contributed by atoms with Crippen LogP contribution in [0.2, 0.25) is 0 Å². The first-order valence-corrected chi connectivity index (χ1v) is 6.79. The zero-order valence-electron chi connectivity index (χ0n) is 10.2. The Hall–Kier alpha value is -0.490. The molecule has 1 aliphatic heterocycles. The standard InChI is InChI=1S/C13H17BrFNO2/c1-16-6-5-11(17)13(18)10(16)7-8-3-2-4-9(14)12(8)15/h2-4,10-11,13,17-18H,5-7H2,1H3/t10?,11-,13+/m1/s1. The van der Waals surface area contributed by atoms with E-state index in [4.69, 9.17) is 0 Å². The quantitative estimate of drug-likeness (QED) is 0.870. The molecule has 0 saturated carbocycles. The average Bonchev–Trinajstić information content (AvgIpc) is 2.35. The fourth-order valence-corrected chi connectivity index (χ4v) is 2.80. The van der Waals surface area contributed by atoms with Crippen molar-refractivity contribution in [1.29, 1.82) is 0 Å². The fourth-order valence-electron chi connectivity index (χ4n) is 2.40. The van der Waals surface area contributed by atoms with Crippen molar-refractivity contribution in [3.05, 3.63) is 34.1 Å². The molecule has 1 fully saturated rings. The molecule has 1 heterocycles. The Morgan fingerprint density at radius 3 is 2.89 bits per heavy atom. The number of hydrogen-bond donors (Lipinski definition) is 2. The molecule has 5 heteroatoms. The molecule has 1 aromatic rings. The number of aliphatic hydroxyl groups is 2. The van der Waals surface area contributed by atoms with Crippen LogP contribution in [0.1, 0.15) is 12.0 Å². The monoisotopic (exact) mass is 317 g/mol. The number of nitrogens with zero attached hydrogens (tertiary/aromatic N) is 1. The Morgan fingerprint density at radius 1 is 1.44 bits per heavy atom. The molecular formula is C13H17BrFNO2. The molecule has 0 amide bonds. The van der Waals surface area contributed by atoms with Gasteiger partial charge in [-0.25, -0.2) is 4.39 Å². The third-order valence-electron chi connectivity index (χ3n) is 3.59. The Morgan fingerprint density at radius 2 is 2.17 bits per heavy atom. The van der Waals surface area contributed by atoms with E-state index < -0.39 is 12.2 Å². The van der Waals surface area contributed by atoms with E-state index in [1.54, 1.807) is 18.2 Å². The smallest absolute Gasteiger partial charge is 0.140 e. The molecule has 2 N–H and O–H groups in total. The van der Waals surface area contributed by atoms with Crippen LogP contribution in [0.4, 0.5) is 4.39 Å². The van der Waals surface area contributed by atoms with Gasteiger partial charge in [-0.2, -0.15) is 0 Å². The number of aliphatic hydroxyl groups excluding tert-OH is 2. The highest BCUT2D eigenvalue weighted by molar-refractivity contribution is 9.10. The lowest BCUT2D eigenvalue weighted by Gasteiger charge is -2.39. The van der Waals surface area contributed by atoms with Crippen LogP contribution in [-0.2, 0) is 6.42 Å². The number of hydrogen-bond acceptors (Lipinski definition) is 3. The molecule has 0 aliphatic carbocycles. The second-order valence-corrected chi connectivity index (χ2v) is 5.67. The maximum Gasteiger partial charge on any atom is 0.140 e. The van der Waals surface area contributed by atoms with E-state index in [0.29, 0.717) is 29.4 Å². The molecule has 1 unspecified atom stereocenters. The highest BCUT2D eigenvalue weighted by Crippen LogP contribution is 2.24. The molecule has 1 aliphatic rings. The Labute approximate surface area is 114 Å².